The van der Waals surface area contributed by atoms with Gasteiger partial charge in [-0.05, 0) is 17.7 Å². The lowest BCUT2D eigenvalue weighted by atomic mass is 10.0. The highest BCUT2D eigenvalue weighted by Gasteiger charge is 2.43. The van der Waals surface area contributed by atoms with E-state index in [0.717, 1.165) is 6.07 Å². The Morgan fingerprint density at radius 3 is 2.04 bits per heavy atom. The van der Waals surface area contributed by atoms with Crippen molar-refractivity contribution in [2.45, 2.75) is 19.0 Å². The van der Waals surface area contributed by atoms with E-state index < -0.39 is 41.6 Å². The van der Waals surface area contributed by atoms with E-state index in [-0.39, 0.29) is 0 Å². The molecule has 0 unspecified atom stereocenters. The Hall–Kier alpha value is -2.51. The van der Waals surface area contributed by atoms with Crippen LogP contribution in [-0.4, -0.2) is 12.0 Å². The van der Waals surface area contributed by atoms with Crippen LogP contribution in [0.1, 0.15) is 21.5 Å². The molecule has 0 spiro atoms. The fourth-order valence-electron chi connectivity index (χ4n) is 1.98. The van der Waals surface area contributed by atoms with Gasteiger partial charge in [-0.25, -0.2) is 0 Å². The molecule has 0 saturated heterocycles. The summed E-state index contributed by atoms with van der Waals surface area (Å²) in [5.41, 5.74) is -2.17. The first-order valence-corrected chi connectivity index (χ1v) is 6.59. The summed E-state index contributed by atoms with van der Waals surface area (Å²) in [6.07, 6.45) is -10.3. The van der Waals surface area contributed by atoms with Crippen LogP contribution < -0.4 is 4.74 Å². The van der Waals surface area contributed by atoms with Gasteiger partial charge in [0.05, 0.1) is 11.1 Å². The molecule has 0 aliphatic heterocycles. The zero-order chi connectivity index (χ0) is 18.0. The lowest BCUT2D eigenvalue weighted by Gasteiger charge is -2.18. The second kappa shape index (κ2) is 6.54. The summed E-state index contributed by atoms with van der Waals surface area (Å²) >= 11 is 0. The average Bonchev–Trinajstić information content (AvgIpc) is 2.51. The highest BCUT2D eigenvalue weighted by Crippen LogP contribution is 2.40. The van der Waals surface area contributed by atoms with E-state index in [0.29, 0.717) is 17.7 Å². The first-order valence-electron chi connectivity index (χ1n) is 6.59. The van der Waals surface area contributed by atoms with E-state index in [4.69, 9.17) is 4.74 Å². The van der Waals surface area contributed by atoms with Gasteiger partial charge in [-0.3, -0.25) is 4.79 Å². The lowest BCUT2D eigenvalue weighted by Crippen LogP contribution is -2.24. The number of carbonyl (C=O) groups is 1. The predicted molar refractivity (Wildman–Crippen MR) is 72.6 cm³/mol. The number of halogens is 6. The smallest absolute Gasteiger partial charge is 0.455 e. The van der Waals surface area contributed by atoms with Crippen molar-refractivity contribution in [1.29, 1.82) is 0 Å². The Morgan fingerprint density at radius 1 is 0.875 bits per heavy atom. The van der Waals surface area contributed by atoms with Crippen LogP contribution >= 0.6 is 0 Å². The molecule has 8 heteroatoms. The van der Waals surface area contributed by atoms with Crippen LogP contribution in [0.2, 0.25) is 0 Å². The molecule has 0 amide bonds. The van der Waals surface area contributed by atoms with Gasteiger partial charge < -0.3 is 4.74 Å². The Kier molecular flexibility index (Phi) is 4.86. The minimum atomic E-state index is -5.31. The van der Waals surface area contributed by atoms with Crippen LogP contribution in [0.3, 0.4) is 0 Å². The minimum absolute atomic E-state index is 0.411. The molecular formula is C16H10F6O2. The summed E-state index contributed by atoms with van der Waals surface area (Å²) in [5.74, 6) is -3.52. The lowest BCUT2D eigenvalue weighted by molar-refractivity contribution is -0.139. The predicted octanol–water partition coefficient (Wildman–Crippen LogP) is 5.03. The summed E-state index contributed by atoms with van der Waals surface area (Å²) in [4.78, 5) is 11.4. The summed E-state index contributed by atoms with van der Waals surface area (Å²) < 4.78 is 81.9. The zero-order valence-electron chi connectivity index (χ0n) is 11.9. The maximum atomic E-state index is 13.0. The van der Waals surface area contributed by atoms with Crippen LogP contribution in [0.25, 0.3) is 0 Å². The number of ether oxygens (including phenoxy) is 1. The van der Waals surface area contributed by atoms with Crippen molar-refractivity contribution in [3.05, 3.63) is 65.2 Å². The summed E-state index contributed by atoms with van der Waals surface area (Å²) in [7, 11) is 0. The number of rotatable bonds is 4. The van der Waals surface area contributed by atoms with Gasteiger partial charge in [-0.1, -0.05) is 36.4 Å². The monoisotopic (exact) mass is 348 g/mol. The summed E-state index contributed by atoms with van der Waals surface area (Å²) in [6, 6.07) is 9.86. The molecule has 24 heavy (non-hydrogen) atoms. The van der Waals surface area contributed by atoms with E-state index in [9.17, 15) is 31.1 Å². The minimum Gasteiger partial charge on any atom is -0.488 e. The molecule has 2 rings (SSSR count). The van der Waals surface area contributed by atoms with Gasteiger partial charge >= 0.3 is 12.4 Å². The third-order valence-corrected chi connectivity index (χ3v) is 3.05. The molecule has 0 atom stereocenters. The fourth-order valence-corrected chi connectivity index (χ4v) is 1.98. The highest BCUT2D eigenvalue weighted by molar-refractivity contribution is 6.02. The van der Waals surface area contributed by atoms with Gasteiger partial charge in [0, 0.05) is 0 Å². The quantitative estimate of drug-likeness (QED) is 0.572. The van der Waals surface area contributed by atoms with Gasteiger partial charge in [-0.2, -0.15) is 26.3 Å². The van der Waals surface area contributed by atoms with E-state index in [1.807, 2.05) is 0 Å². The number of carbonyl (C=O) groups excluding carboxylic acids is 1. The number of hydrogen-bond donors (Lipinski definition) is 0. The molecular weight excluding hydrogens is 338 g/mol. The Balaban J connectivity index is 2.46. The van der Waals surface area contributed by atoms with Crippen LogP contribution in [-0.2, 0) is 12.8 Å². The number of Topliss-reactive ketones (excluding diaryl/α,β-unsaturated/α-hetero) is 1. The van der Waals surface area contributed by atoms with E-state index in [1.165, 1.54) is 12.1 Å². The number of ketones is 1. The molecule has 2 nitrogen and oxygen atoms in total. The second-order valence-electron chi connectivity index (χ2n) is 4.78. The van der Waals surface area contributed by atoms with Crippen molar-refractivity contribution in [3.63, 3.8) is 0 Å². The third kappa shape index (κ3) is 4.06. The molecule has 2 aromatic carbocycles. The maximum absolute atomic E-state index is 13.0. The van der Waals surface area contributed by atoms with E-state index in [2.05, 4.69) is 0 Å². The van der Waals surface area contributed by atoms with E-state index in [1.54, 1.807) is 18.2 Å². The van der Waals surface area contributed by atoms with Crippen molar-refractivity contribution >= 4 is 5.78 Å². The van der Waals surface area contributed by atoms with Gasteiger partial charge in [-0.15, -0.1) is 0 Å². The Morgan fingerprint density at radius 2 is 1.50 bits per heavy atom. The molecule has 0 fully saturated rings. The molecule has 0 aromatic heterocycles. The standard InChI is InChI=1S/C16H10F6O2/c17-15(18,19)12-8-4-7-11(14(23)16(20,21)22)13(12)24-9-10-5-2-1-3-6-10/h1-8H,9H2. The average molecular weight is 348 g/mol. The molecule has 0 heterocycles. The van der Waals surface area contributed by atoms with Gasteiger partial charge in [0.2, 0.25) is 0 Å². The third-order valence-electron chi connectivity index (χ3n) is 3.05. The second-order valence-corrected chi connectivity index (χ2v) is 4.78. The first-order chi connectivity index (χ1) is 11.1. The molecule has 0 aliphatic rings. The van der Waals surface area contributed by atoms with Gasteiger partial charge in [0.15, 0.2) is 0 Å². The number of alkyl halides is 6. The molecule has 0 bridgehead atoms. The topological polar surface area (TPSA) is 26.3 Å². The van der Waals surface area contributed by atoms with Crippen molar-refractivity contribution in [1.82, 2.24) is 0 Å². The van der Waals surface area contributed by atoms with Crippen LogP contribution in [0.15, 0.2) is 48.5 Å². The van der Waals surface area contributed by atoms with Crippen molar-refractivity contribution in [2.24, 2.45) is 0 Å². The zero-order valence-corrected chi connectivity index (χ0v) is 11.9. The van der Waals surface area contributed by atoms with Gasteiger partial charge in [0.1, 0.15) is 12.4 Å². The van der Waals surface area contributed by atoms with E-state index >= 15 is 0 Å². The van der Waals surface area contributed by atoms with Crippen LogP contribution in [0.4, 0.5) is 26.3 Å². The van der Waals surface area contributed by atoms with Crippen LogP contribution in [0, 0.1) is 0 Å². The molecule has 0 saturated carbocycles. The maximum Gasteiger partial charge on any atom is 0.455 e. The highest BCUT2D eigenvalue weighted by atomic mass is 19.4. The number of hydrogen-bond acceptors (Lipinski definition) is 2. The molecule has 2 aromatic rings. The summed E-state index contributed by atoms with van der Waals surface area (Å²) in [6.45, 7) is -0.411. The molecule has 128 valence electrons. The molecule has 0 aliphatic carbocycles. The number of benzene rings is 2. The number of para-hydroxylation sites is 1. The normalized spacial score (nSPS) is 12.1. The Labute approximate surface area is 132 Å². The van der Waals surface area contributed by atoms with Crippen molar-refractivity contribution < 1.29 is 35.9 Å². The first kappa shape index (κ1) is 17.8. The van der Waals surface area contributed by atoms with Crippen molar-refractivity contribution in [2.75, 3.05) is 0 Å². The van der Waals surface area contributed by atoms with Crippen molar-refractivity contribution in [3.8, 4) is 5.75 Å². The fraction of sp³-hybridized carbons (Fsp3) is 0.188. The largest absolute Gasteiger partial charge is 0.488 e. The SMILES string of the molecule is O=C(c1cccc(C(F)(F)F)c1OCc1ccccc1)C(F)(F)F. The summed E-state index contributed by atoms with van der Waals surface area (Å²) in [5, 5.41) is 0. The molecule has 0 radical (unpaired) electrons. The Bertz CT molecular complexity index is 720. The van der Waals surface area contributed by atoms with Crippen LogP contribution in [0.5, 0.6) is 5.75 Å². The van der Waals surface area contributed by atoms with Gasteiger partial charge in [0.25, 0.3) is 5.78 Å². The molecule has 0 N–H and O–H groups in total.